The van der Waals surface area contributed by atoms with Crippen LogP contribution in [0.4, 0.5) is 11.4 Å². The van der Waals surface area contributed by atoms with Crippen molar-refractivity contribution in [1.29, 1.82) is 0 Å². The Morgan fingerprint density at radius 2 is 1.11 bits per heavy atom. The van der Waals surface area contributed by atoms with Gasteiger partial charge >= 0.3 is 0 Å². The van der Waals surface area contributed by atoms with Crippen LogP contribution in [0.15, 0.2) is 70.7 Å². The third kappa shape index (κ3) is 5.41. The summed E-state index contributed by atoms with van der Waals surface area (Å²) in [4.78, 5) is 34.7. The van der Waals surface area contributed by atoms with Gasteiger partial charge in [0.15, 0.2) is 23.0 Å². The number of hydrogen-bond acceptors (Lipinski definition) is 10. The summed E-state index contributed by atoms with van der Waals surface area (Å²) in [6, 6.07) is 17.9. The van der Waals surface area contributed by atoms with Crippen LogP contribution in [0, 0.1) is 0 Å². The molecule has 0 radical (unpaired) electrons. The highest BCUT2D eigenvalue weighted by molar-refractivity contribution is 8.02. The lowest BCUT2D eigenvalue weighted by atomic mass is 10.3. The molecule has 0 saturated heterocycles. The van der Waals surface area contributed by atoms with Gasteiger partial charge in [-0.2, -0.15) is 0 Å². The Balaban J connectivity index is 1.12. The number of hydrogen-bond donors (Lipinski definition) is 2. The van der Waals surface area contributed by atoms with Gasteiger partial charge in [0, 0.05) is 23.5 Å². The maximum atomic E-state index is 12.7. The highest BCUT2D eigenvalue weighted by Crippen LogP contribution is 2.36. The van der Waals surface area contributed by atoms with E-state index >= 15 is 0 Å². The third-order valence-electron chi connectivity index (χ3n) is 5.50. The topological polar surface area (TPSA) is 121 Å². The van der Waals surface area contributed by atoms with Crippen molar-refractivity contribution >= 4 is 57.7 Å². The van der Waals surface area contributed by atoms with E-state index in [-0.39, 0.29) is 36.9 Å². The van der Waals surface area contributed by atoms with E-state index in [2.05, 4.69) is 10.6 Å². The molecule has 0 bridgehead atoms. The summed E-state index contributed by atoms with van der Waals surface area (Å²) in [6.07, 6.45) is 0. The van der Waals surface area contributed by atoms with Gasteiger partial charge in [0.1, 0.15) is 10.1 Å². The van der Waals surface area contributed by atoms with Gasteiger partial charge in [-0.1, -0.05) is 35.7 Å². The average molecular weight is 549 g/mol. The highest BCUT2D eigenvalue weighted by Gasteiger charge is 2.18. The van der Waals surface area contributed by atoms with Crippen molar-refractivity contribution in [2.45, 2.75) is 10.1 Å². The van der Waals surface area contributed by atoms with E-state index in [1.165, 1.54) is 23.5 Å². The van der Waals surface area contributed by atoms with E-state index in [0.717, 1.165) is 0 Å². The number of anilines is 2. The second-order valence-corrected chi connectivity index (χ2v) is 10.1. The molecule has 12 heteroatoms. The summed E-state index contributed by atoms with van der Waals surface area (Å²) in [5, 5.41) is 6.87. The number of carbonyl (C=O) groups excluding carboxylic acids is 2. The Morgan fingerprint density at radius 3 is 1.58 bits per heavy atom. The smallest absolute Gasteiger partial charge is 0.234 e. The number of aromatic nitrogens is 2. The van der Waals surface area contributed by atoms with Gasteiger partial charge in [0.05, 0.1) is 22.5 Å². The zero-order chi connectivity index (χ0) is 25.9. The molecule has 3 aromatic carbocycles. The Hall–Kier alpha value is -4.16. The van der Waals surface area contributed by atoms with E-state index in [4.69, 9.17) is 28.9 Å². The number of carbonyl (C=O) groups is 2. The van der Waals surface area contributed by atoms with Crippen molar-refractivity contribution < 1.29 is 28.5 Å². The first-order valence-electron chi connectivity index (χ1n) is 11.5. The zero-order valence-corrected chi connectivity index (χ0v) is 21.4. The van der Waals surface area contributed by atoms with Crippen molar-refractivity contribution in [3.63, 3.8) is 0 Å². The number of fused-ring (bicyclic) bond motifs is 3. The number of amides is 2. The molecule has 3 heterocycles. The van der Waals surface area contributed by atoms with Crippen LogP contribution in [0.3, 0.4) is 0 Å². The van der Waals surface area contributed by atoms with Crippen molar-refractivity contribution in [2.75, 3.05) is 35.7 Å². The van der Waals surface area contributed by atoms with Crippen LogP contribution < -0.4 is 29.6 Å². The van der Waals surface area contributed by atoms with Crippen LogP contribution >= 0.6 is 23.5 Å². The standard InChI is InChI=1S/C26H20N4O6S2/c31-23(27-15-5-7-19-21(9-15)35-13-33-19)11-37-25-26(30-18-4-2-1-3-17(18)29-25)38-12-24(32)28-16-6-8-20-22(10-16)36-14-34-20/h1-10H,11-14H2,(H,27,31)(H,28,32). The molecule has 1 aromatic heterocycles. The van der Waals surface area contributed by atoms with Crippen LogP contribution in [0.2, 0.25) is 0 Å². The van der Waals surface area contributed by atoms with Gasteiger partial charge in [-0.3, -0.25) is 9.59 Å². The molecule has 2 aliphatic heterocycles. The predicted octanol–water partition coefficient (Wildman–Crippen LogP) is 4.55. The van der Waals surface area contributed by atoms with Crippen LogP contribution in [0.1, 0.15) is 0 Å². The molecule has 0 aliphatic carbocycles. The lowest BCUT2D eigenvalue weighted by Crippen LogP contribution is -2.15. The zero-order valence-electron chi connectivity index (χ0n) is 19.8. The maximum absolute atomic E-state index is 12.7. The van der Waals surface area contributed by atoms with E-state index in [1.807, 2.05) is 24.3 Å². The predicted molar refractivity (Wildman–Crippen MR) is 143 cm³/mol. The molecule has 2 N–H and O–H groups in total. The highest BCUT2D eigenvalue weighted by atomic mass is 32.2. The number of nitrogens with zero attached hydrogens (tertiary/aromatic N) is 2. The minimum absolute atomic E-state index is 0.110. The van der Waals surface area contributed by atoms with Gasteiger partial charge < -0.3 is 29.6 Å². The van der Waals surface area contributed by atoms with Crippen LogP contribution in [-0.2, 0) is 9.59 Å². The van der Waals surface area contributed by atoms with E-state index in [0.29, 0.717) is 55.5 Å². The van der Waals surface area contributed by atoms with E-state index in [9.17, 15) is 9.59 Å². The van der Waals surface area contributed by atoms with Crippen molar-refractivity contribution in [3.05, 3.63) is 60.7 Å². The summed E-state index contributed by atoms with van der Waals surface area (Å²) in [6.45, 7) is 0.330. The molecule has 192 valence electrons. The second-order valence-electron chi connectivity index (χ2n) is 8.13. The first-order valence-corrected chi connectivity index (χ1v) is 13.5. The molecule has 38 heavy (non-hydrogen) atoms. The molecule has 2 aliphatic rings. The van der Waals surface area contributed by atoms with Crippen molar-refractivity contribution in [1.82, 2.24) is 9.97 Å². The third-order valence-corrected chi connectivity index (χ3v) is 7.56. The molecule has 2 amide bonds. The number of nitrogens with one attached hydrogen (secondary N) is 2. The van der Waals surface area contributed by atoms with E-state index in [1.54, 1.807) is 36.4 Å². The molecule has 10 nitrogen and oxygen atoms in total. The molecule has 6 rings (SSSR count). The summed E-state index contributed by atoms with van der Waals surface area (Å²) in [5.41, 5.74) is 2.64. The fourth-order valence-corrected chi connectivity index (χ4v) is 5.46. The molecule has 0 atom stereocenters. The largest absolute Gasteiger partial charge is 0.454 e. The number of thioether (sulfide) groups is 2. The van der Waals surface area contributed by atoms with Crippen molar-refractivity contribution in [3.8, 4) is 23.0 Å². The Labute approximate surface area is 225 Å². The van der Waals surface area contributed by atoms with Crippen LogP contribution in [0.5, 0.6) is 23.0 Å². The normalized spacial score (nSPS) is 12.9. The number of benzene rings is 3. The molecule has 0 fully saturated rings. The lowest BCUT2D eigenvalue weighted by Gasteiger charge is -2.10. The first-order chi connectivity index (χ1) is 18.6. The number of rotatable bonds is 8. The quantitative estimate of drug-likeness (QED) is 0.303. The molecular weight excluding hydrogens is 528 g/mol. The SMILES string of the molecule is O=C(CSc1nc2ccccc2nc1SCC(=O)Nc1ccc2c(c1)OCO2)Nc1ccc2c(c1)OCO2. The van der Waals surface area contributed by atoms with Gasteiger partial charge in [-0.15, -0.1) is 0 Å². The number of para-hydroxylation sites is 2. The Morgan fingerprint density at radius 1 is 0.658 bits per heavy atom. The maximum Gasteiger partial charge on any atom is 0.234 e. The fraction of sp³-hybridized carbons (Fsp3) is 0.154. The molecule has 0 saturated carbocycles. The van der Waals surface area contributed by atoms with Gasteiger partial charge in [0.25, 0.3) is 0 Å². The minimum atomic E-state index is -0.208. The van der Waals surface area contributed by atoms with Gasteiger partial charge in [-0.25, -0.2) is 9.97 Å². The summed E-state index contributed by atoms with van der Waals surface area (Å²) in [7, 11) is 0. The summed E-state index contributed by atoms with van der Waals surface area (Å²) < 4.78 is 21.3. The fourth-order valence-electron chi connectivity index (χ4n) is 3.77. The molecular formula is C26H20N4O6S2. The average Bonchev–Trinajstić information content (AvgIpc) is 3.59. The number of ether oxygens (including phenoxy) is 4. The van der Waals surface area contributed by atoms with Gasteiger partial charge in [-0.05, 0) is 36.4 Å². The van der Waals surface area contributed by atoms with Crippen LogP contribution in [-0.4, -0.2) is 46.9 Å². The molecule has 4 aromatic rings. The summed E-state index contributed by atoms with van der Waals surface area (Å²) in [5.74, 6) is 2.28. The van der Waals surface area contributed by atoms with Gasteiger partial charge in [0.2, 0.25) is 25.4 Å². The van der Waals surface area contributed by atoms with Crippen molar-refractivity contribution in [2.24, 2.45) is 0 Å². The van der Waals surface area contributed by atoms with E-state index < -0.39 is 0 Å². The second kappa shape index (κ2) is 10.7. The Bertz CT molecular complexity index is 1440. The Kier molecular flexibility index (Phi) is 6.80. The lowest BCUT2D eigenvalue weighted by molar-refractivity contribution is -0.114. The first kappa shape index (κ1) is 24.2. The minimum Gasteiger partial charge on any atom is -0.454 e. The summed E-state index contributed by atoms with van der Waals surface area (Å²) >= 11 is 2.52. The monoisotopic (exact) mass is 548 g/mol. The van der Waals surface area contributed by atoms with Crippen LogP contribution in [0.25, 0.3) is 11.0 Å². The molecule has 0 unspecified atom stereocenters. The molecule has 0 spiro atoms.